The summed E-state index contributed by atoms with van der Waals surface area (Å²) < 4.78 is 67.2. The van der Waals surface area contributed by atoms with Gasteiger partial charge in [-0.2, -0.15) is 4.31 Å². The number of sulfone groups is 1. The van der Waals surface area contributed by atoms with Crippen LogP contribution in [0.1, 0.15) is 30.7 Å². The second-order valence-corrected chi connectivity index (χ2v) is 13.1. The first-order valence-electron chi connectivity index (χ1n) is 11.9. The molecule has 0 aliphatic heterocycles. The summed E-state index contributed by atoms with van der Waals surface area (Å²) in [5, 5.41) is -0.0620. The molecule has 202 valence electrons. The van der Waals surface area contributed by atoms with Gasteiger partial charge in [0.15, 0.2) is 0 Å². The molecular weight excluding hydrogens is 514 g/mol. The van der Waals surface area contributed by atoms with E-state index in [9.17, 15) is 16.8 Å². The van der Waals surface area contributed by atoms with Crippen LogP contribution in [-0.2, 0) is 43.4 Å². The lowest BCUT2D eigenvalue weighted by molar-refractivity contribution is 0.176. The van der Waals surface area contributed by atoms with Gasteiger partial charge in [-0.1, -0.05) is 38.1 Å². The van der Waals surface area contributed by atoms with Crippen molar-refractivity contribution in [2.45, 2.75) is 49.7 Å². The SMILES string of the molecule is COCCN(Cc1cnc(S(=O)(=O)Cc2ccccc2C)n1CC(C)C)S(=O)(=O)c1ccc(OC)cc1. The van der Waals surface area contributed by atoms with Crippen molar-refractivity contribution >= 4 is 19.9 Å². The van der Waals surface area contributed by atoms with Gasteiger partial charge in [0.2, 0.25) is 25.0 Å². The van der Waals surface area contributed by atoms with Crippen molar-refractivity contribution in [3.05, 3.63) is 71.5 Å². The average molecular weight is 550 g/mol. The summed E-state index contributed by atoms with van der Waals surface area (Å²) in [6.45, 7) is 6.38. The lowest BCUT2D eigenvalue weighted by atomic mass is 10.1. The Morgan fingerprint density at radius 1 is 1.00 bits per heavy atom. The van der Waals surface area contributed by atoms with E-state index in [0.717, 1.165) is 5.56 Å². The van der Waals surface area contributed by atoms with Crippen LogP contribution in [0.5, 0.6) is 5.75 Å². The van der Waals surface area contributed by atoms with Gasteiger partial charge >= 0.3 is 0 Å². The molecule has 1 heterocycles. The number of hydrogen-bond donors (Lipinski definition) is 0. The van der Waals surface area contributed by atoms with E-state index in [4.69, 9.17) is 9.47 Å². The first-order chi connectivity index (χ1) is 17.5. The maximum absolute atomic E-state index is 13.5. The van der Waals surface area contributed by atoms with E-state index in [0.29, 0.717) is 23.6 Å². The molecular formula is C26H35N3O6S2. The molecule has 0 unspecified atom stereocenters. The van der Waals surface area contributed by atoms with E-state index in [1.54, 1.807) is 22.8 Å². The van der Waals surface area contributed by atoms with Crippen molar-refractivity contribution in [3.8, 4) is 5.75 Å². The van der Waals surface area contributed by atoms with Crippen LogP contribution >= 0.6 is 0 Å². The smallest absolute Gasteiger partial charge is 0.243 e. The first-order valence-corrected chi connectivity index (χ1v) is 15.0. The number of nitrogens with zero attached hydrogens (tertiary/aromatic N) is 3. The molecule has 0 amide bonds. The molecule has 0 radical (unpaired) electrons. The van der Waals surface area contributed by atoms with Gasteiger partial charge in [-0.3, -0.25) is 0 Å². The second kappa shape index (κ2) is 12.2. The monoisotopic (exact) mass is 549 g/mol. The van der Waals surface area contributed by atoms with E-state index in [2.05, 4.69) is 4.98 Å². The predicted molar refractivity (Wildman–Crippen MR) is 142 cm³/mol. The Balaban J connectivity index is 2.01. The summed E-state index contributed by atoms with van der Waals surface area (Å²) in [4.78, 5) is 4.39. The molecule has 0 saturated carbocycles. The van der Waals surface area contributed by atoms with Gasteiger partial charge in [0.1, 0.15) is 5.75 Å². The standard InChI is InChI=1S/C26H35N3O6S2/c1-20(2)17-29-23(16-27-26(29)36(30,31)19-22-9-7-6-8-21(22)3)18-28(14-15-34-4)37(32,33)25-12-10-24(35-5)11-13-25/h6-13,16,20H,14-15,17-19H2,1-5H3. The maximum Gasteiger partial charge on any atom is 0.243 e. The predicted octanol–water partition coefficient (Wildman–Crippen LogP) is 3.67. The first kappa shape index (κ1) is 28.8. The van der Waals surface area contributed by atoms with Crippen LogP contribution in [0.2, 0.25) is 0 Å². The molecule has 0 fully saturated rings. The van der Waals surface area contributed by atoms with E-state index in [1.807, 2.05) is 39.0 Å². The number of rotatable bonds is 13. The zero-order valence-corrected chi connectivity index (χ0v) is 23.5. The van der Waals surface area contributed by atoms with Crippen LogP contribution in [0.4, 0.5) is 0 Å². The van der Waals surface area contributed by atoms with Crippen molar-refractivity contribution in [3.63, 3.8) is 0 Å². The molecule has 0 saturated heterocycles. The zero-order chi connectivity index (χ0) is 27.2. The fourth-order valence-electron chi connectivity index (χ4n) is 3.92. The van der Waals surface area contributed by atoms with Gasteiger partial charge < -0.3 is 14.0 Å². The van der Waals surface area contributed by atoms with Crippen molar-refractivity contribution < 1.29 is 26.3 Å². The fourth-order valence-corrected chi connectivity index (χ4v) is 6.92. The molecule has 0 bridgehead atoms. The molecule has 0 spiro atoms. The van der Waals surface area contributed by atoms with Crippen LogP contribution in [-0.4, -0.2) is 58.1 Å². The number of ether oxygens (including phenoxy) is 2. The Morgan fingerprint density at radius 2 is 1.68 bits per heavy atom. The quantitative estimate of drug-likeness (QED) is 0.320. The largest absolute Gasteiger partial charge is 0.497 e. The number of hydrogen-bond acceptors (Lipinski definition) is 7. The minimum absolute atomic E-state index is 0.0582. The van der Waals surface area contributed by atoms with Crippen LogP contribution in [0.15, 0.2) is 64.8 Å². The third kappa shape index (κ3) is 6.98. The molecule has 3 aromatic rings. The van der Waals surface area contributed by atoms with E-state index < -0.39 is 19.9 Å². The third-order valence-corrected chi connectivity index (χ3v) is 9.35. The fraction of sp³-hybridized carbons (Fsp3) is 0.423. The van der Waals surface area contributed by atoms with E-state index >= 15 is 0 Å². The van der Waals surface area contributed by atoms with Crippen molar-refractivity contribution in [2.75, 3.05) is 27.4 Å². The number of imidazole rings is 1. The highest BCUT2D eigenvalue weighted by Crippen LogP contribution is 2.25. The molecule has 2 aromatic carbocycles. The molecule has 37 heavy (non-hydrogen) atoms. The van der Waals surface area contributed by atoms with Gasteiger partial charge in [-0.25, -0.2) is 21.8 Å². The summed E-state index contributed by atoms with van der Waals surface area (Å²) >= 11 is 0. The highest BCUT2D eigenvalue weighted by Gasteiger charge is 2.29. The van der Waals surface area contributed by atoms with Gasteiger partial charge in [0.25, 0.3) is 0 Å². The Morgan fingerprint density at radius 3 is 2.27 bits per heavy atom. The molecule has 0 atom stereocenters. The van der Waals surface area contributed by atoms with Gasteiger partial charge in [-0.05, 0) is 48.2 Å². The number of aromatic nitrogens is 2. The number of aryl methyl sites for hydroxylation is 1. The zero-order valence-electron chi connectivity index (χ0n) is 21.9. The third-order valence-electron chi connectivity index (χ3n) is 5.91. The highest BCUT2D eigenvalue weighted by molar-refractivity contribution is 7.90. The molecule has 1 aromatic heterocycles. The average Bonchev–Trinajstić information content (AvgIpc) is 3.25. The van der Waals surface area contributed by atoms with Crippen molar-refractivity contribution in [1.29, 1.82) is 0 Å². The Kier molecular flexibility index (Phi) is 9.51. The molecule has 9 nitrogen and oxygen atoms in total. The Hall–Kier alpha value is -2.73. The molecule has 0 aliphatic carbocycles. The minimum atomic E-state index is -3.91. The summed E-state index contributed by atoms with van der Waals surface area (Å²) in [5.41, 5.74) is 2.07. The van der Waals surface area contributed by atoms with Crippen LogP contribution in [0.25, 0.3) is 0 Å². The summed E-state index contributed by atoms with van der Waals surface area (Å²) in [6.07, 6.45) is 1.45. The molecule has 3 rings (SSSR count). The summed E-state index contributed by atoms with van der Waals surface area (Å²) in [6, 6.07) is 13.5. The van der Waals surface area contributed by atoms with E-state index in [-0.39, 0.29) is 41.4 Å². The Labute approximate surface area is 220 Å². The highest BCUT2D eigenvalue weighted by atomic mass is 32.2. The molecule has 11 heteroatoms. The topological polar surface area (TPSA) is 108 Å². The van der Waals surface area contributed by atoms with Gasteiger partial charge in [0.05, 0.1) is 42.8 Å². The van der Waals surface area contributed by atoms with Crippen molar-refractivity contribution in [2.24, 2.45) is 5.92 Å². The van der Waals surface area contributed by atoms with Crippen LogP contribution < -0.4 is 4.74 Å². The summed E-state index contributed by atoms with van der Waals surface area (Å²) in [7, 11) is -4.70. The number of methoxy groups -OCH3 is 2. The lowest BCUT2D eigenvalue weighted by Crippen LogP contribution is -2.34. The molecule has 0 N–H and O–H groups in total. The summed E-state index contributed by atoms with van der Waals surface area (Å²) in [5.74, 6) is 0.457. The maximum atomic E-state index is 13.5. The Bertz CT molecular complexity index is 1400. The van der Waals surface area contributed by atoms with Crippen molar-refractivity contribution in [1.82, 2.24) is 13.9 Å². The molecule has 0 aliphatic rings. The van der Waals surface area contributed by atoms with Gasteiger partial charge in [-0.15, -0.1) is 0 Å². The van der Waals surface area contributed by atoms with Crippen LogP contribution in [0, 0.1) is 12.8 Å². The van der Waals surface area contributed by atoms with Gasteiger partial charge in [0, 0.05) is 20.2 Å². The van der Waals surface area contributed by atoms with E-state index in [1.165, 1.54) is 36.9 Å². The minimum Gasteiger partial charge on any atom is -0.497 e. The normalized spacial score (nSPS) is 12.4. The van der Waals surface area contributed by atoms with Crippen LogP contribution in [0.3, 0.4) is 0 Å². The second-order valence-electron chi connectivity index (χ2n) is 9.23. The number of sulfonamides is 1. The number of benzene rings is 2. The lowest BCUT2D eigenvalue weighted by Gasteiger charge is -2.23.